The van der Waals surface area contributed by atoms with Crippen LogP contribution in [0.25, 0.3) is 0 Å². The largest absolute Gasteiger partial charge is 0.376 e. The highest BCUT2D eigenvalue weighted by Gasteiger charge is 2.35. The highest BCUT2D eigenvalue weighted by atomic mass is 16.5. The molecule has 0 amide bonds. The minimum absolute atomic E-state index is 0.486. The summed E-state index contributed by atoms with van der Waals surface area (Å²) in [5, 5.41) is 12.4. The van der Waals surface area contributed by atoms with Crippen molar-refractivity contribution >= 4 is 0 Å². The summed E-state index contributed by atoms with van der Waals surface area (Å²) in [6.45, 7) is 6.87. The Balaban J connectivity index is 2.56. The summed E-state index contributed by atoms with van der Waals surface area (Å²) in [5.41, 5.74) is -0.486. The standard InChI is InChI=1S/C8H15NO2/c1-3-4-8(2)7(10)9-5-6-11-8/h3,7,9-10H,1,4-6H2,2H3/t7?,8-/m0/s1. The van der Waals surface area contributed by atoms with Gasteiger partial charge in [0.05, 0.1) is 6.61 Å². The Kier molecular flexibility index (Phi) is 2.65. The molecule has 1 heterocycles. The van der Waals surface area contributed by atoms with Crippen molar-refractivity contribution in [2.24, 2.45) is 0 Å². The molecule has 1 saturated heterocycles. The highest BCUT2D eigenvalue weighted by molar-refractivity contribution is 4.91. The van der Waals surface area contributed by atoms with Gasteiger partial charge < -0.3 is 9.84 Å². The molecule has 1 unspecified atom stereocenters. The van der Waals surface area contributed by atoms with Crippen LogP contribution < -0.4 is 5.32 Å². The van der Waals surface area contributed by atoms with Gasteiger partial charge >= 0.3 is 0 Å². The number of hydrogen-bond donors (Lipinski definition) is 2. The molecule has 1 aliphatic heterocycles. The van der Waals surface area contributed by atoms with E-state index in [9.17, 15) is 5.11 Å². The Bertz CT molecular complexity index is 149. The molecule has 1 fully saturated rings. The third-order valence-corrected chi connectivity index (χ3v) is 2.00. The first-order valence-electron chi connectivity index (χ1n) is 3.85. The van der Waals surface area contributed by atoms with Crippen LogP contribution >= 0.6 is 0 Å². The second-order valence-electron chi connectivity index (χ2n) is 3.01. The number of rotatable bonds is 2. The van der Waals surface area contributed by atoms with Crippen molar-refractivity contribution in [1.29, 1.82) is 0 Å². The molecule has 0 aromatic carbocycles. The molecule has 0 bridgehead atoms. The third-order valence-electron chi connectivity index (χ3n) is 2.00. The normalized spacial score (nSPS) is 38.5. The van der Waals surface area contributed by atoms with Crippen LogP contribution in [0.3, 0.4) is 0 Å². The molecule has 64 valence electrons. The maximum Gasteiger partial charge on any atom is 0.134 e. The molecule has 3 nitrogen and oxygen atoms in total. The van der Waals surface area contributed by atoms with Gasteiger partial charge in [0.2, 0.25) is 0 Å². The van der Waals surface area contributed by atoms with Crippen molar-refractivity contribution in [3.8, 4) is 0 Å². The molecular formula is C8H15NO2. The molecule has 1 aliphatic rings. The Morgan fingerprint density at radius 2 is 2.64 bits per heavy atom. The SMILES string of the molecule is C=CC[C@]1(C)OCCNC1O. The second kappa shape index (κ2) is 3.34. The molecule has 11 heavy (non-hydrogen) atoms. The molecule has 2 atom stereocenters. The van der Waals surface area contributed by atoms with E-state index in [1.54, 1.807) is 6.08 Å². The lowest BCUT2D eigenvalue weighted by Crippen LogP contribution is -2.56. The molecular weight excluding hydrogens is 142 g/mol. The summed E-state index contributed by atoms with van der Waals surface area (Å²) in [7, 11) is 0. The van der Waals surface area contributed by atoms with Crippen molar-refractivity contribution in [2.45, 2.75) is 25.2 Å². The summed E-state index contributed by atoms with van der Waals surface area (Å²) in [6.07, 6.45) is 1.85. The Morgan fingerprint density at radius 3 is 3.18 bits per heavy atom. The smallest absolute Gasteiger partial charge is 0.134 e. The first kappa shape index (κ1) is 8.71. The zero-order valence-electron chi connectivity index (χ0n) is 6.84. The quantitative estimate of drug-likeness (QED) is 0.565. The zero-order chi connectivity index (χ0) is 8.32. The summed E-state index contributed by atoms with van der Waals surface area (Å²) >= 11 is 0. The predicted octanol–water partition coefficient (Wildman–Crippen LogP) is 0.259. The van der Waals surface area contributed by atoms with E-state index in [2.05, 4.69) is 11.9 Å². The average molecular weight is 157 g/mol. The first-order chi connectivity index (χ1) is 5.19. The lowest BCUT2D eigenvalue weighted by atomic mass is 9.99. The number of nitrogens with one attached hydrogen (secondary N) is 1. The highest BCUT2D eigenvalue weighted by Crippen LogP contribution is 2.21. The van der Waals surface area contributed by atoms with Gasteiger partial charge in [0.15, 0.2) is 0 Å². The van der Waals surface area contributed by atoms with Crippen LogP contribution in [0.2, 0.25) is 0 Å². The molecule has 0 aromatic rings. The average Bonchev–Trinajstić information content (AvgIpc) is 1.96. The fraction of sp³-hybridized carbons (Fsp3) is 0.750. The van der Waals surface area contributed by atoms with E-state index < -0.39 is 11.8 Å². The second-order valence-corrected chi connectivity index (χ2v) is 3.01. The van der Waals surface area contributed by atoms with Gasteiger partial charge in [-0.05, 0) is 13.3 Å². The van der Waals surface area contributed by atoms with Crippen LogP contribution in [0.1, 0.15) is 13.3 Å². The number of ether oxygens (including phenoxy) is 1. The van der Waals surface area contributed by atoms with Gasteiger partial charge in [0.25, 0.3) is 0 Å². The summed E-state index contributed by atoms with van der Waals surface area (Å²) in [6, 6.07) is 0. The fourth-order valence-corrected chi connectivity index (χ4v) is 1.23. The minimum Gasteiger partial charge on any atom is -0.376 e. The molecule has 0 aromatic heterocycles. The molecule has 1 rings (SSSR count). The molecule has 0 spiro atoms. The zero-order valence-corrected chi connectivity index (χ0v) is 6.84. The van der Waals surface area contributed by atoms with Crippen molar-refractivity contribution in [1.82, 2.24) is 5.32 Å². The van der Waals surface area contributed by atoms with Gasteiger partial charge in [0.1, 0.15) is 11.8 Å². The van der Waals surface area contributed by atoms with Gasteiger partial charge in [-0.2, -0.15) is 0 Å². The Hall–Kier alpha value is -0.380. The van der Waals surface area contributed by atoms with E-state index >= 15 is 0 Å². The van der Waals surface area contributed by atoms with Crippen LogP contribution in [-0.2, 0) is 4.74 Å². The van der Waals surface area contributed by atoms with Gasteiger partial charge in [-0.3, -0.25) is 5.32 Å². The van der Waals surface area contributed by atoms with Crippen LogP contribution in [0.5, 0.6) is 0 Å². The summed E-state index contributed by atoms with van der Waals surface area (Å²) < 4.78 is 5.43. The maximum absolute atomic E-state index is 9.48. The minimum atomic E-state index is -0.575. The Morgan fingerprint density at radius 1 is 1.91 bits per heavy atom. The van der Waals surface area contributed by atoms with Crippen LogP contribution in [0, 0.1) is 0 Å². The molecule has 0 radical (unpaired) electrons. The van der Waals surface area contributed by atoms with Gasteiger partial charge in [0, 0.05) is 6.54 Å². The van der Waals surface area contributed by atoms with Gasteiger partial charge in [-0.1, -0.05) is 6.08 Å². The van der Waals surface area contributed by atoms with Crippen LogP contribution in [0.4, 0.5) is 0 Å². The molecule has 0 saturated carbocycles. The van der Waals surface area contributed by atoms with E-state index in [1.807, 2.05) is 6.92 Å². The van der Waals surface area contributed by atoms with E-state index in [0.29, 0.717) is 19.6 Å². The van der Waals surface area contributed by atoms with Crippen molar-refractivity contribution in [3.05, 3.63) is 12.7 Å². The molecule has 0 aliphatic carbocycles. The van der Waals surface area contributed by atoms with E-state index in [4.69, 9.17) is 4.74 Å². The number of aliphatic hydroxyl groups excluding tert-OH is 1. The maximum atomic E-state index is 9.48. The first-order valence-corrected chi connectivity index (χ1v) is 3.85. The van der Waals surface area contributed by atoms with Gasteiger partial charge in [-0.25, -0.2) is 0 Å². The number of aliphatic hydroxyl groups is 1. The van der Waals surface area contributed by atoms with Crippen LogP contribution in [-0.4, -0.2) is 30.1 Å². The van der Waals surface area contributed by atoms with Crippen molar-refractivity contribution in [2.75, 3.05) is 13.2 Å². The third kappa shape index (κ3) is 1.80. The van der Waals surface area contributed by atoms with Crippen LogP contribution in [0.15, 0.2) is 12.7 Å². The lowest BCUT2D eigenvalue weighted by Gasteiger charge is -2.38. The fourth-order valence-electron chi connectivity index (χ4n) is 1.23. The number of morpholine rings is 1. The van der Waals surface area contributed by atoms with E-state index in [-0.39, 0.29) is 0 Å². The topological polar surface area (TPSA) is 41.5 Å². The van der Waals surface area contributed by atoms with Crippen molar-refractivity contribution < 1.29 is 9.84 Å². The number of hydrogen-bond acceptors (Lipinski definition) is 3. The van der Waals surface area contributed by atoms with E-state index in [0.717, 1.165) is 0 Å². The lowest BCUT2D eigenvalue weighted by molar-refractivity contribution is -0.149. The summed E-state index contributed by atoms with van der Waals surface area (Å²) in [4.78, 5) is 0. The van der Waals surface area contributed by atoms with Crippen molar-refractivity contribution in [3.63, 3.8) is 0 Å². The molecule has 2 N–H and O–H groups in total. The predicted molar refractivity (Wildman–Crippen MR) is 43.2 cm³/mol. The Labute approximate surface area is 67.1 Å². The van der Waals surface area contributed by atoms with E-state index in [1.165, 1.54) is 0 Å². The monoisotopic (exact) mass is 157 g/mol. The summed E-state index contributed by atoms with van der Waals surface area (Å²) in [5.74, 6) is 0. The van der Waals surface area contributed by atoms with Gasteiger partial charge in [-0.15, -0.1) is 6.58 Å². The molecule has 3 heteroatoms.